The smallest absolute Gasteiger partial charge is 0.155 e. The molecule has 1 aromatic rings. The summed E-state index contributed by atoms with van der Waals surface area (Å²) in [7, 11) is 1.98. The van der Waals surface area contributed by atoms with Crippen LogP contribution >= 0.6 is 0 Å². The topological polar surface area (TPSA) is 55.0 Å². The van der Waals surface area contributed by atoms with Crippen molar-refractivity contribution in [1.29, 1.82) is 0 Å². The Morgan fingerprint density at radius 1 is 1.43 bits per heavy atom. The zero-order valence-electron chi connectivity index (χ0n) is 9.28. The largest absolute Gasteiger partial charge is 0.394 e. The van der Waals surface area contributed by atoms with E-state index >= 15 is 0 Å². The lowest BCUT2D eigenvalue weighted by atomic mass is 10.1. The first-order valence-electron chi connectivity index (χ1n) is 4.89. The molecule has 0 fully saturated rings. The minimum Gasteiger partial charge on any atom is -0.394 e. The van der Waals surface area contributed by atoms with Gasteiger partial charge in [-0.3, -0.25) is 0 Å². The lowest BCUT2D eigenvalue weighted by molar-refractivity contribution is 0.811. The normalized spacial score (nSPS) is 10.6. The summed E-state index contributed by atoms with van der Waals surface area (Å²) in [5.74, 6) is 1.16. The second-order valence-corrected chi connectivity index (χ2v) is 3.67. The van der Waals surface area contributed by atoms with E-state index in [-0.39, 0.29) is 0 Å². The number of anilines is 2. The average Bonchev–Trinajstić information content (AvgIpc) is 2.16. The molecule has 4 nitrogen and oxygen atoms in total. The SMILES string of the molecule is CCN(C)c1ncnc(C(C)C)c1N. The van der Waals surface area contributed by atoms with Gasteiger partial charge in [-0.1, -0.05) is 13.8 Å². The zero-order valence-corrected chi connectivity index (χ0v) is 9.28. The Labute approximate surface area is 85.2 Å². The van der Waals surface area contributed by atoms with Gasteiger partial charge in [-0.05, 0) is 12.8 Å². The summed E-state index contributed by atoms with van der Waals surface area (Å²) in [5.41, 5.74) is 7.62. The Hall–Kier alpha value is -1.32. The van der Waals surface area contributed by atoms with Crippen LogP contribution in [0.15, 0.2) is 6.33 Å². The molecule has 0 atom stereocenters. The third-order valence-corrected chi connectivity index (χ3v) is 2.28. The predicted octanol–water partition coefficient (Wildman–Crippen LogP) is 1.64. The Morgan fingerprint density at radius 3 is 2.57 bits per heavy atom. The van der Waals surface area contributed by atoms with E-state index in [1.54, 1.807) is 6.33 Å². The first kappa shape index (κ1) is 10.8. The minimum absolute atomic E-state index is 0.335. The highest BCUT2D eigenvalue weighted by molar-refractivity contribution is 5.65. The molecular formula is C10H18N4. The fraction of sp³-hybridized carbons (Fsp3) is 0.600. The number of hydrogen-bond acceptors (Lipinski definition) is 4. The van der Waals surface area contributed by atoms with E-state index < -0.39 is 0 Å². The maximum atomic E-state index is 5.99. The predicted molar refractivity (Wildman–Crippen MR) is 59.5 cm³/mol. The van der Waals surface area contributed by atoms with E-state index in [1.165, 1.54) is 0 Å². The molecule has 0 saturated carbocycles. The van der Waals surface area contributed by atoms with Crippen LogP contribution in [-0.2, 0) is 0 Å². The molecule has 0 aliphatic rings. The van der Waals surface area contributed by atoms with E-state index in [4.69, 9.17) is 5.73 Å². The van der Waals surface area contributed by atoms with Crippen molar-refractivity contribution in [3.8, 4) is 0 Å². The van der Waals surface area contributed by atoms with Crippen LogP contribution in [0.4, 0.5) is 11.5 Å². The van der Waals surface area contributed by atoms with Gasteiger partial charge in [-0.2, -0.15) is 0 Å². The van der Waals surface area contributed by atoms with Crippen molar-refractivity contribution < 1.29 is 0 Å². The highest BCUT2D eigenvalue weighted by atomic mass is 15.2. The molecule has 0 aromatic carbocycles. The highest BCUT2D eigenvalue weighted by Crippen LogP contribution is 2.26. The van der Waals surface area contributed by atoms with Crippen molar-refractivity contribution in [2.45, 2.75) is 26.7 Å². The Balaban J connectivity index is 3.13. The first-order chi connectivity index (χ1) is 6.57. The zero-order chi connectivity index (χ0) is 10.7. The average molecular weight is 194 g/mol. The number of rotatable bonds is 3. The lowest BCUT2D eigenvalue weighted by Crippen LogP contribution is -2.20. The van der Waals surface area contributed by atoms with Gasteiger partial charge in [0, 0.05) is 13.6 Å². The summed E-state index contributed by atoms with van der Waals surface area (Å²) in [6.07, 6.45) is 1.58. The first-order valence-corrected chi connectivity index (χ1v) is 4.89. The van der Waals surface area contributed by atoms with Crippen LogP contribution in [0.25, 0.3) is 0 Å². The van der Waals surface area contributed by atoms with Crippen molar-refractivity contribution in [3.63, 3.8) is 0 Å². The number of hydrogen-bond donors (Lipinski definition) is 1. The summed E-state index contributed by atoms with van der Waals surface area (Å²) in [5, 5.41) is 0. The molecule has 0 radical (unpaired) electrons. The monoisotopic (exact) mass is 194 g/mol. The molecule has 0 bridgehead atoms. The van der Waals surface area contributed by atoms with Crippen LogP contribution in [0.2, 0.25) is 0 Å². The molecular weight excluding hydrogens is 176 g/mol. The Kier molecular flexibility index (Phi) is 3.28. The molecule has 0 spiro atoms. The molecule has 0 aliphatic heterocycles. The van der Waals surface area contributed by atoms with Crippen LogP contribution in [-0.4, -0.2) is 23.6 Å². The molecule has 78 valence electrons. The number of aromatic nitrogens is 2. The molecule has 1 aromatic heterocycles. The molecule has 4 heteroatoms. The number of nitrogens with two attached hydrogens (primary N) is 1. The maximum absolute atomic E-state index is 5.99. The summed E-state index contributed by atoms with van der Waals surface area (Å²) in [6.45, 7) is 7.11. The van der Waals surface area contributed by atoms with Gasteiger partial charge in [0.25, 0.3) is 0 Å². The van der Waals surface area contributed by atoms with Crippen molar-refractivity contribution in [2.24, 2.45) is 0 Å². The Bertz CT molecular complexity index is 309. The molecule has 0 aliphatic carbocycles. The van der Waals surface area contributed by atoms with Crippen molar-refractivity contribution >= 4 is 11.5 Å². The van der Waals surface area contributed by atoms with Gasteiger partial charge in [0.1, 0.15) is 6.33 Å². The molecule has 1 rings (SSSR count). The van der Waals surface area contributed by atoms with Gasteiger partial charge < -0.3 is 10.6 Å². The maximum Gasteiger partial charge on any atom is 0.155 e. The van der Waals surface area contributed by atoms with E-state index in [0.29, 0.717) is 11.6 Å². The van der Waals surface area contributed by atoms with Crippen LogP contribution in [0.1, 0.15) is 32.4 Å². The van der Waals surface area contributed by atoms with Crippen molar-refractivity contribution in [3.05, 3.63) is 12.0 Å². The third kappa shape index (κ3) is 1.95. The van der Waals surface area contributed by atoms with Gasteiger partial charge in [0.05, 0.1) is 11.4 Å². The van der Waals surface area contributed by atoms with Crippen LogP contribution in [0.3, 0.4) is 0 Å². The lowest BCUT2D eigenvalue weighted by Gasteiger charge is -2.19. The fourth-order valence-electron chi connectivity index (χ4n) is 1.31. The summed E-state index contributed by atoms with van der Waals surface area (Å²) in [6, 6.07) is 0. The Morgan fingerprint density at radius 2 is 2.07 bits per heavy atom. The van der Waals surface area contributed by atoms with E-state index in [0.717, 1.165) is 18.1 Å². The van der Waals surface area contributed by atoms with Gasteiger partial charge in [0.2, 0.25) is 0 Å². The molecule has 1 heterocycles. The minimum atomic E-state index is 0.335. The fourth-order valence-corrected chi connectivity index (χ4v) is 1.31. The molecule has 0 saturated heterocycles. The summed E-state index contributed by atoms with van der Waals surface area (Å²) < 4.78 is 0. The number of nitrogens with zero attached hydrogens (tertiary/aromatic N) is 3. The van der Waals surface area contributed by atoms with E-state index in [1.807, 2.05) is 11.9 Å². The standard InChI is InChI=1S/C10H18N4/c1-5-14(4)10-8(11)9(7(2)3)12-6-13-10/h6-7H,5,11H2,1-4H3. The molecule has 0 unspecified atom stereocenters. The molecule has 0 amide bonds. The van der Waals surface area contributed by atoms with Gasteiger partial charge >= 0.3 is 0 Å². The van der Waals surface area contributed by atoms with Crippen LogP contribution in [0.5, 0.6) is 0 Å². The van der Waals surface area contributed by atoms with E-state index in [2.05, 4.69) is 30.7 Å². The van der Waals surface area contributed by atoms with Crippen molar-refractivity contribution in [1.82, 2.24) is 9.97 Å². The molecule has 14 heavy (non-hydrogen) atoms. The summed E-state index contributed by atoms with van der Waals surface area (Å²) >= 11 is 0. The number of nitrogen functional groups attached to an aromatic ring is 1. The summed E-state index contributed by atoms with van der Waals surface area (Å²) in [4.78, 5) is 10.4. The second kappa shape index (κ2) is 4.26. The van der Waals surface area contributed by atoms with E-state index in [9.17, 15) is 0 Å². The van der Waals surface area contributed by atoms with Crippen molar-refractivity contribution in [2.75, 3.05) is 24.2 Å². The van der Waals surface area contributed by atoms with Gasteiger partial charge in [0.15, 0.2) is 5.82 Å². The second-order valence-electron chi connectivity index (χ2n) is 3.67. The quantitative estimate of drug-likeness (QED) is 0.794. The molecule has 2 N–H and O–H groups in total. The van der Waals surface area contributed by atoms with Gasteiger partial charge in [-0.25, -0.2) is 9.97 Å². The van der Waals surface area contributed by atoms with Crippen LogP contribution < -0.4 is 10.6 Å². The third-order valence-electron chi connectivity index (χ3n) is 2.28. The van der Waals surface area contributed by atoms with Gasteiger partial charge in [-0.15, -0.1) is 0 Å². The highest BCUT2D eigenvalue weighted by Gasteiger charge is 2.12. The van der Waals surface area contributed by atoms with Crippen LogP contribution in [0, 0.1) is 0 Å².